The molecule has 0 aromatic heterocycles. The first-order valence-corrected chi connectivity index (χ1v) is 8.43. The van der Waals surface area contributed by atoms with Crippen molar-refractivity contribution in [1.29, 1.82) is 0 Å². The number of nitrogen functional groups attached to an aromatic ring is 1. The third kappa shape index (κ3) is 3.48. The van der Waals surface area contributed by atoms with Crippen LogP contribution < -0.4 is 15.2 Å². The first kappa shape index (κ1) is 16.1. The van der Waals surface area contributed by atoms with Crippen LogP contribution in [0.25, 0.3) is 0 Å². The number of nitrogens with one attached hydrogen (secondary N) is 1. The molecule has 1 aromatic carbocycles. The molecule has 1 aliphatic rings. The molecule has 0 aliphatic heterocycles. The maximum Gasteiger partial charge on any atom is 0.244 e. The summed E-state index contributed by atoms with van der Waals surface area (Å²) < 4.78 is 38.2. The molecule has 1 aromatic rings. The molecule has 0 atom stereocenters. The van der Waals surface area contributed by atoms with Gasteiger partial charge in [0.1, 0.15) is 10.6 Å². The zero-order valence-electron chi connectivity index (χ0n) is 12.5. The van der Waals surface area contributed by atoms with Gasteiger partial charge in [-0.05, 0) is 44.4 Å². The minimum Gasteiger partial charge on any atom is -0.495 e. The van der Waals surface area contributed by atoms with Gasteiger partial charge in [0.15, 0.2) is 0 Å². The molecule has 0 bridgehead atoms. The standard InChI is InChI=1S/C14H22N2O4S/c1-4-20-11-6-10(7-11)16-21(17,18)14-8-12(15)9(2)5-13(14)19-3/h5,8,10-11,16H,4,6-7,15H2,1-3H3. The zero-order valence-corrected chi connectivity index (χ0v) is 13.4. The molecule has 1 saturated carbocycles. The summed E-state index contributed by atoms with van der Waals surface area (Å²) in [5, 5.41) is 0. The molecule has 1 aliphatic carbocycles. The van der Waals surface area contributed by atoms with Gasteiger partial charge in [0, 0.05) is 18.3 Å². The predicted octanol–water partition coefficient (Wildman–Crippen LogP) is 1.43. The van der Waals surface area contributed by atoms with Gasteiger partial charge >= 0.3 is 0 Å². The largest absolute Gasteiger partial charge is 0.495 e. The van der Waals surface area contributed by atoms with Gasteiger partial charge in [0.05, 0.1) is 13.2 Å². The smallest absolute Gasteiger partial charge is 0.244 e. The number of ether oxygens (including phenoxy) is 2. The van der Waals surface area contributed by atoms with E-state index in [4.69, 9.17) is 15.2 Å². The summed E-state index contributed by atoms with van der Waals surface area (Å²) in [4.78, 5) is 0.0768. The Balaban J connectivity index is 2.15. The lowest BCUT2D eigenvalue weighted by molar-refractivity contribution is -0.00476. The summed E-state index contributed by atoms with van der Waals surface area (Å²) in [5.74, 6) is 0.301. The number of benzene rings is 1. The molecule has 21 heavy (non-hydrogen) atoms. The summed E-state index contributed by atoms with van der Waals surface area (Å²) in [7, 11) is -2.21. The summed E-state index contributed by atoms with van der Waals surface area (Å²) in [6, 6.07) is 2.97. The van der Waals surface area contributed by atoms with E-state index in [0.29, 0.717) is 30.9 Å². The van der Waals surface area contributed by atoms with E-state index in [2.05, 4.69) is 4.72 Å². The van der Waals surface area contributed by atoms with Gasteiger partial charge in [-0.2, -0.15) is 0 Å². The molecule has 7 heteroatoms. The van der Waals surface area contributed by atoms with Crippen molar-refractivity contribution in [2.75, 3.05) is 19.5 Å². The van der Waals surface area contributed by atoms with E-state index in [0.717, 1.165) is 5.56 Å². The van der Waals surface area contributed by atoms with Crippen molar-refractivity contribution in [2.24, 2.45) is 0 Å². The molecule has 1 fully saturated rings. The van der Waals surface area contributed by atoms with Crippen LogP contribution in [0.15, 0.2) is 17.0 Å². The van der Waals surface area contributed by atoms with Crippen LogP contribution >= 0.6 is 0 Å². The van der Waals surface area contributed by atoms with Crippen LogP contribution in [-0.4, -0.2) is 34.3 Å². The van der Waals surface area contributed by atoms with Crippen LogP contribution in [0, 0.1) is 6.92 Å². The maximum absolute atomic E-state index is 12.5. The second kappa shape index (κ2) is 6.21. The highest BCUT2D eigenvalue weighted by Gasteiger charge is 2.34. The Kier molecular flexibility index (Phi) is 4.75. The van der Waals surface area contributed by atoms with Crippen LogP contribution in [0.3, 0.4) is 0 Å². The van der Waals surface area contributed by atoms with Crippen LogP contribution in [0.5, 0.6) is 5.75 Å². The topological polar surface area (TPSA) is 90.7 Å². The van der Waals surface area contributed by atoms with Crippen molar-refractivity contribution in [3.8, 4) is 5.75 Å². The van der Waals surface area contributed by atoms with Crippen molar-refractivity contribution in [1.82, 2.24) is 4.72 Å². The first-order chi connectivity index (χ1) is 9.87. The fourth-order valence-electron chi connectivity index (χ4n) is 2.36. The van der Waals surface area contributed by atoms with E-state index in [1.807, 2.05) is 6.92 Å². The van der Waals surface area contributed by atoms with Gasteiger partial charge in [-0.1, -0.05) is 0 Å². The maximum atomic E-state index is 12.5. The lowest BCUT2D eigenvalue weighted by atomic mass is 9.90. The van der Waals surface area contributed by atoms with E-state index in [-0.39, 0.29) is 17.0 Å². The highest BCUT2D eigenvalue weighted by atomic mass is 32.2. The number of methoxy groups -OCH3 is 1. The number of anilines is 1. The van der Waals surface area contributed by atoms with Crippen LogP contribution in [0.2, 0.25) is 0 Å². The molecule has 0 spiro atoms. The second-order valence-electron chi connectivity index (χ2n) is 5.23. The fraction of sp³-hybridized carbons (Fsp3) is 0.571. The molecular weight excluding hydrogens is 292 g/mol. The Morgan fingerprint density at radius 1 is 1.38 bits per heavy atom. The third-order valence-electron chi connectivity index (χ3n) is 3.66. The number of aryl methyl sites for hydroxylation is 1. The molecular formula is C14H22N2O4S. The molecule has 2 rings (SSSR count). The van der Waals surface area contributed by atoms with Crippen molar-refractivity contribution in [2.45, 2.75) is 43.7 Å². The van der Waals surface area contributed by atoms with Crippen molar-refractivity contribution in [3.63, 3.8) is 0 Å². The van der Waals surface area contributed by atoms with Gasteiger partial charge in [-0.15, -0.1) is 0 Å². The highest BCUT2D eigenvalue weighted by molar-refractivity contribution is 7.89. The van der Waals surface area contributed by atoms with Crippen LogP contribution in [-0.2, 0) is 14.8 Å². The van der Waals surface area contributed by atoms with Gasteiger partial charge in [-0.25, -0.2) is 13.1 Å². The molecule has 0 saturated heterocycles. The number of hydrogen-bond acceptors (Lipinski definition) is 5. The summed E-state index contributed by atoms with van der Waals surface area (Å²) >= 11 is 0. The minimum absolute atomic E-state index is 0.0768. The predicted molar refractivity (Wildman–Crippen MR) is 80.9 cm³/mol. The van der Waals surface area contributed by atoms with E-state index < -0.39 is 10.0 Å². The summed E-state index contributed by atoms with van der Waals surface area (Å²) in [6.45, 7) is 4.38. The Morgan fingerprint density at radius 3 is 2.62 bits per heavy atom. The van der Waals surface area contributed by atoms with Gasteiger partial charge < -0.3 is 15.2 Å². The molecule has 118 valence electrons. The lowest BCUT2D eigenvalue weighted by Crippen LogP contribution is -2.47. The molecule has 0 amide bonds. The van der Waals surface area contributed by atoms with E-state index in [9.17, 15) is 8.42 Å². The average molecular weight is 314 g/mol. The molecule has 6 nitrogen and oxygen atoms in total. The van der Waals surface area contributed by atoms with Crippen LogP contribution in [0.4, 0.5) is 5.69 Å². The zero-order chi connectivity index (χ0) is 15.6. The molecule has 0 radical (unpaired) electrons. The first-order valence-electron chi connectivity index (χ1n) is 6.95. The number of rotatable bonds is 6. The number of sulfonamides is 1. The molecule has 0 unspecified atom stereocenters. The molecule has 0 heterocycles. The summed E-state index contributed by atoms with van der Waals surface area (Å²) in [5.41, 5.74) is 7.02. The average Bonchev–Trinajstić information content (AvgIpc) is 2.38. The minimum atomic E-state index is -3.65. The fourth-order valence-corrected chi connectivity index (χ4v) is 3.81. The second-order valence-corrected chi connectivity index (χ2v) is 6.91. The number of hydrogen-bond donors (Lipinski definition) is 2. The van der Waals surface area contributed by atoms with E-state index in [1.54, 1.807) is 13.0 Å². The Labute approximate surface area is 125 Å². The third-order valence-corrected chi connectivity index (χ3v) is 5.20. The van der Waals surface area contributed by atoms with Crippen molar-refractivity contribution in [3.05, 3.63) is 17.7 Å². The Bertz CT molecular complexity index is 610. The molecule has 3 N–H and O–H groups in total. The number of nitrogens with two attached hydrogens (primary N) is 1. The van der Waals surface area contributed by atoms with E-state index >= 15 is 0 Å². The SMILES string of the molecule is CCOC1CC(NS(=O)(=O)c2cc(N)c(C)cc2OC)C1. The monoisotopic (exact) mass is 314 g/mol. The van der Waals surface area contributed by atoms with E-state index in [1.165, 1.54) is 13.2 Å². The summed E-state index contributed by atoms with van der Waals surface area (Å²) in [6.07, 6.45) is 1.53. The normalized spacial score (nSPS) is 21.9. The highest BCUT2D eigenvalue weighted by Crippen LogP contribution is 2.31. The van der Waals surface area contributed by atoms with Gasteiger partial charge in [0.25, 0.3) is 0 Å². The quantitative estimate of drug-likeness (QED) is 0.775. The lowest BCUT2D eigenvalue weighted by Gasteiger charge is -2.35. The van der Waals surface area contributed by atoms with Crippen molar-refractivity contribution >= 4 is 15.7 Å². The van der Waals surface area contributed by atoms with Crippen LogP contribution in [0.1, 0.15) is 25.3 Å². The van der Waals surface area contributed by atoms with Crippen molar-refractivity contribution < 1.29 is 17.9 Å². The Morgan fingerprint density at radius 2 is 2.05 bits per heavy atom. The Hall–Kier alpha value is -1.31. The van der Waals surface area contributed by atoms with Gasteiger partial charge in [-0.3, -0.25) is 0 Å². The van der Waals surface area contributed by atoms with Gasteiger partial charge in [0.2, 0.25) is 10.0 Å².